The van der Waals surface area contributed by atoms with Gasteiger partial charge in [0.15, 0.2) is 0 Å². The van der Waals surface area contributed by atoms with E-state index in [9.17, 15) is 13.2 Å². The van der Waals surface area contributed by atoms with Crippen LogP contribution in [0.3, 0.4) is 0 Å². The Balaban J connectivity index is 1.95. The summed E-state index contributed by atoms with van der Waals surface area (Å²) >= 11 is 0. The molecule has 0 heterocycles. The first-order valence-corrected chi connectivity index (χ1v) is 10.5. The third-order valence-electron chi connectivity index (χ3n) is 4.39. The van der Waals surface area contributed by atoms with Crippen LogP contribution in [0, 0.1) is 5.92 Å². The molecular weight excluding hydrogens is 364 g/mol. The van der Waals surface area contributed by atoms with E-state index < -0.39 is 10.0 Å². The molecule has 6 nitrogen and oxygen atoms in total. The first kappa shape index (κ1) is 19.4. The SMILES string of the molecule is CCOc1ccc(NC(C)=O)cc1S(=O)(=O)NC(c1ccccc1)C1CC1. The topological polar surface area (TPSA) is 84.5 Å². The average Bonchev–Trinajstić information content (AvgIpc) is 3.46. The van der Waals surface area contributed by atoms with E-state index in [4.69, 9.17) is 4.74 Å². The van der Waals surface area contributed by atoms with Crippen LogP contribution in [0.2, 0.25) is 0 Å². The molecule has 0 radical (unpaired) electrons. The minimum atomic E-state index is -3.85. The lowest BCUT2D eigenvalue weighted by atomic mass is 10.0. The quantitative estimate of drug-likeness (QED) is 0.725. The second-order valence-electron chi connectivity index (χ2n) is 6.62. The molecule has 1 atom stereocenters. The lowest BCUT2D eigenvalue weighted by Crippen LogP contribution is -2.30. The number of hydrogen-bond acceptors (Lipinski definition) is 4. The molecule has 144 valence electrons. The largest absolute Gasteiger partial charge is 0.492 e. The number of sulfonamides is 1. The van der Waals surface area contributed by atoms with Crippen molar-refractivity contribution in [2.24, 2.45) is 5.92 Å². The maximum Gasteiger partial charge on any atom is 0.244 e. The number of carbonyl (C=O) groups excluding carboxylic acids is 1. The third-order valence-corrected chi connectivity index (χ3v) is 5.85. The molecule has 0 aliphatic heterocycles. The summed E-state index contributed by atoms with van der Waals surface area (Å²) in [6.45, 7) is 3.51. The van der Waals surface area contributed by atoms with E-state index >= 15 is 0 Å². The summed E-state index contributed by atoms with van der Waals surface area (Å²) in [5.74, 6) is 0.286. The zero-order chi connectivity index (χ0) is 19.4. The summed E-state index contributed by atoms with van der Waals surface area (Å²) < 4.78 is 34.7. The fourth-order valence-corrected chi connectivity index (χ4v) is 4.49. The molecule has 1 aliphatic carbocycles. The lowest BCUT2D eigenvalue weighted by Gasteiger charge is -2.20. The zero-order valence-electron chi connectivity index (χ0n) is 15.4. The van der Waals surface area contributed by atoms with Gasteiger partial charge in [-0.05, 0) is 49.4 Å². The maximum atomic E-state index is 13.2. The van der Waals surface area contributed by atoms with Crippen LogP contribution in [0.4, 0.5) is 5.69 Å². The van der Waals surface area contributed by atoms with Gasteiger partial charge in [-0.3, -0.25) is 4.79 Å². The number of carbonyl (C=O) groups is 1. The van der Waals surface area contributed by atoms with Crippen molar-refractivity contribution in [3.8, 4) is 5.75 Å². The van der Waals surface area contributed by atoms with Crippen molar-refractivity contribution in [1.82, 2.24) is 4.72 Å². The number of ether oxygens (including phenoxy) is 1. The number of nitrogens with one attached hydrogen (secondary N) is 2. The predicted molar refractivity (Wildman–Crippen MR) is 104 cm³/mol. The summed E-state index contributed by atoms with van der Waals surface area (Å²) in [6.07, 6.45) is 1.98. The van der Waals surface area contributed by atoms with E-state index in [0.717, 1.165) is 18.4 Å². The van der Waals surface area contributed by atoms with Crippen LogP contribution in [-0.2, 0) is 14.8 Å². The fraction of sp³-hybridized carbons (Fsp3) is 0.350. The summed E-state index contributed by atoms with van der Waals surface area (Å²) in [5, 5.41) is 2.62. The van der Waals surface area contributed by atoms with Crippen molar-refractivity contribution < 1.29 is 17.9 Å². The van der Waals surface area contributed by atoms with Gasteiger partial charge in [-0.2, -0.15) is 0 Å². The van der Waals surface area contributed by atoms with Gasteiger partial charge in [0.25, 0.3) is 0 Å². The minimum Gasteiger partial charge on any atom is -0.492 e. The van der Waals surface area contributed by atoms with E-state index in [1.807, 2.05) is 30.3 Å². The Kier molecular flexibility index (Phi) is 5.82. The first-order chi connectivity index (χ1) is 12.9. The Morgan fingerprint density at radius 2 is 1.89 bits per heavy atom. The van der Waals surface area contributed by atoms with Crippen molar-refractivity contribution >= 4 is 21.6 Å². The van der Waals surface area contributed by atoms with Gasteiger partial charge >= 0.3 is 0 Å². The Morgan fingerprint density at radius 3 is 2.48 bits per heavy atom. The molecule has 1 saturated carbocycles. The Morgan fingerprint density at radius 1 is 1.19 bits per heavy atom. The standard InChI is InChI=1S/C20H24N2O4S/c1-3-26-18-12-11-17(21-14(2)23)13-19(18)27(24,25)22-20(16-9-10-16)15-7-5-4-6-8-15/h4-8,11-13,16,20,22H,3,9-10H2,1-2H3,(H,21,23). The highest BCUT2D eigenvalue weighted by Gasteiger charge is 2.36. The second-order valence-corrected chi connectivity index (χ2v) is 8.31. The van der Waals surface area contributed by atoms with Crippen LogP contribution in [-0.4, -0.2) is 20.9 Å². The molecule has 1 aliphatic rings. The van der Waals surface area contributed by atoms with Crippen LogP contribution in [0.5, 0.6) is 5.75 Å². The molecule has 0 aromatic heterocycles. The highest BCUT2D eigenvalue weighted by atomic mass is 32.2. The van der Waals surface area contributed by atoms with E-state index in [1.54, 1.807) is 19.1 Å². The van der Waals surface area contributed by atoms with Crippen LogP contribution >= 0.6 is 0 Å². The molecule has 27 heavy (non-hydrogen) atoms. The zero-order valence-corrected chi connectivity index (χ0v) is 16.3. The molecule has 3 rings (SSSR count). The van der Waals surface area contributed by atoms with Crippen LogP contribution in [0.25, 0.3) is 0 Å². The summed E-state index contributed by atoms with van der Waals surface area (Å²) in [4.78, 5) is 11.4. The normalized spacial score (nSPS) is 15.2. The molecular formula is C20H24N2O4S. The maximum absolute atomic E-state index is 13.2. The fourth-order valence-electron chi connectivity index (χ4n) is 3.03. The smallest absolute Gasteiger partial charge is 0.244 e. The molecule has 0 bridgehead atoms. The lowest BCUT2D eigenvalue weighted by molar-refractivity contribution is -0.114. The van der Waals surface area contributed by atoms with Crippen molar-refractivity contribution in [2.45, 2.75) is 37.6 Å². The van der Waals surface area contributed by atoms with Crippen LogP contribution in [0.15, 0.2) is 53.4 Å². The molecule has 0 spiro atoms. The third kappa shape index (κ3) is 4.87. The van der Waals surface area contributed by atoms with Gasteiger partial charge in [-0.1, -0.05) is 30.3 Å². The van der Waals surface area contributed by atoms with Gasteiger partial charge in [-0.15, -0.1) is 0 Å². The molecule has 2 N–H and O–H groups in total. The Hall–Kier alpha value is -2.38. The number of anilines is 1. The van der Waals surface area contributed by atoms with Gasteiger partial charge in [0.2, 0.25) is 15.9 Å². The van der Waals surface area contributed by atoms with E-state index in [2.05, 4.69) is 10.0 Å². The minimum absolute atomic E-state index is 0.0252. The molecule has 1 unspecified atom stereocenters. The van der Waals surface area contributed by atoms with E-state index in [-0.39, 0.29) is 28.5 Å². The van der Waals surface area contributed by atoms with Gasteiger partial charge in [-0.25, -0.2) is 13.1 Å². The molecule has 0 saturated heterocycles. The summed E-state index contributed by atoms with van der Waals surface area (Å²) in [5.41, 5.74) is 1.36. The summed E-state index contributed by atoms with van der Waals surface area (Å²) in [7, 11) is -3.85. The Bertz CT molecular complexity index is 909. The summed E-state index contributed by atoms with van der Waals surface area (Å²) in [6, 6.07) is 13.9. The van der Waals surface area contributed by atoms with Gasteiger partial charge in [0.1, 0.15) is 10.6 Å². The first-order valence-electron chi connectivity index (χ1n) is 9.02. The number of benzene rings is 2. The van der Waals surface area contributed by atoms with Crippen molar-refractivity contribution in [2.75, 3.05) is 11.9 Å². The van der Waals surface area contributed by atoms with Crippen molar-refractivity contribution in [3.05, 3.63) is 54.1 Å². The van der Waals surface area contributed by atoms with Crippen molar-refractivity contribution in [1.29, 1.82) is 0 Å². The van der Waals surface area contributed by atoms with Gasteiger partial charge in [0, 0.05) is 18.7 Å². The molecule has 2 aromatic rings. The Labute approximate surface area is 160 Å². The van der Waals surface area contributed by atoms with Crippen molar-refractivity contribution in [3.63, 3.8) is 0 Å². The molecule has 1 fully saturated rings. The van der Waals surface area contributed by atoms with Gasteiger partial charge < -0.3 is 10.1 Å². The number of hydrogen-bond donors (Lipinski definition) is 2. The molecule has 2 aromatic carbocycles. The number of amides is 1. The monoisotopic (exact) mass is 388 g/mol. The highest BCUT2D eigenvalue weighted by molar-refractivity contribution is 7.89. The van der Waals surface area contributed by atoms with E-state index in [0.29, 0.717) is 12.3 Å². The van der Waals surface area contributed by atoms with E-state index in [1.165, 1.54) is 13.0 Å². The molecule has 1 amide bonds. The predicted octanol–water partition coefficient (Wildman–Crippen LogP) is 3.47. The van der Waals surface area contributed by atoms with Crippen LogP contribution in [0.1, 0.15) is 38.3 Å². The van der Waals surface area contributed by atoms with Gasteiger partial charge in [0.05, 0.1) is 6.61 Å². The molecule has 7 heteroatoms. The number of rotatable bonds is 8. The highest BCUT2D eigenvalue weighted by Crippen LogP contribution is 2.42. The second kappa shape index (κ2) is 8.10. The average molecular weight is 388 g/mol. The van der Waals surface area contributed by atoms with Crippen LogP contribution < -0.4 is 14.8 Å².